The maximum absolute atomic E-state index is 5.76. The van der Waals surface area contributed by atoms with E-state index in [-0.39, 0.29) is 0 Å². The van der Waals surface area contributed by atoms with Crippen LogP contribution < -0.4 is 0 Å². The molecule has 1 aromatic carbocycles. The van der Waals surface area contributed by atoms with Crippen molar-refractivity contribution < 1.29 is 4.84 Å². The fourth-order valence-corrected chi connectivity index (χ4v) is 1.46. The highest BCUT2D eigenvalue weighted by Gasteiger charge is 2.15. The molecular weight excluding hydrogens is 210 g/mol. The van der Waals surface area contributed by atoms with Crippen molar-refractivity contribution in [1.29, 1.82) is 0 Å². The maximum Gasteiger partial charge on any atom is 0.142 e. The SMILES string of the molecule is Clc1ccc(CO/N=[C]\C2CCC2)cc1. The molecule has 1 radical (unpaired) electrons. The molecule has 0 atom stereocenters. The lowest BCUT2D eigenvalue weighted by molar-refractivity contribution is 0.129. The Labute approximate surface area is 94.9 Å². The molecule has 0 heterocycles. The lowest BCUT2D eigenvalue weighted by Crippen LogP contribution is -2.11. The fourth-order valence-electron chi connectivity index (χ4n) is 1.34. The Bertz CT molecular complexity index is 330. The zero-order valence-electron chi connectivity index (χ0n) is 8.45. The molecule has 0 unspecified atom stereocenters. The van der Waals surface area contributed by atoms with Gasteiger partial charge in [-0.25, -0.2) is 0 Å². The molecule has 1 aromatic rings. The van der Waals surface area contributed by atoms with Crippen LogP contribution in [0.25, 0.3) is 0 Å². The van der Waals surface area contributed by atoms with Gasteiger partial charge in [0.15, 0.2) is 0 Å². The molecule has 0 spiro atoms. The molecule has 15 heavy (non-hydrogen) atoms. The Morgan fingerprint density at radius 2 is 2.07 bits per heavy atom. The van der Waals surface area contributed by atoms with Gasteiger partial charge in [0, 0.05) is 10.9 Å². The summed E-state index contributed by atoms with van der Waals surface area (Å²) in [5.74, 6) is 0.523. The van der Waals surface area contributed by atoms with E-state index < -0.39 is 0 Å². The highest BCUT2D eigenvalue weighted by atomic mass is 35.5. The first-order valence-electron chi connectivity index (χ1n) is 5.16. The highest BCUT2D eigenvalue weighted by Crippen LogP contribution is 2.24. The van der Waals surface area contributed by atoms with Crippen LogP contribution >= 0.6 is 11.6 Å². The number of hydrogen-bond donors (Lipinski definition) is 0. The van der Waals surface area contributed by atoms with Crippen molar-refractivity contribution in [2.75, 3.05) is 0 Å². The molecule has 0 saturated heterocycles. The number of benzene rings is 1. The monoisotopic (exact) mass is 222 g/mol. The number of rotatable bonds is 4. The maximum atomic E-state index is 5.76. The van der Waals surface area contributed by atoms with Crippen LogP contribution in [-0.4, -0.2) is 6.21 Å². The van der Waals surface area contributed by atoms with E-state index in [0.717, 1.165) is 10.6 Å². The summed E-state index contributed by atoms with van der Waals surface area (Å²) >= 11 is 5.76. The number of halogens is 1. The van der Waals surface area contributed by atoms with Crippen molar-refractivity contribution >= 4 is 17.8 Å². The van der Waals surface area contributed by atoms with Crippen LogP contribution in [0.15, 0.2) is 29.4 Å². The largest absolute Gasteiger partial charge is 0.391 e. The summed E-state index contributed by atoms with van der Waals surface area (Å²) in [7, 11) is 0. The van der Waals surface area contributed by atoms with E-state index in [1.54, 1.807) is 0 Å². The molecule has 1 aliphatic carbocycles. The second-order valence-electron chi connectivity index (χ2n) is 3.75. The molecule has 0 N–H and O–H groups in total. The summed E-state index contributed by atoms with van der Waals surface area (Å²) in [6.07, 6.45) is 6.68. The Morgan fingerprint density at radius 3 is 2.67 bits per heavy atom. The van der Waals surface area contributed by atoms with E-state index in [4.69, 9.17) is 16.4 Å². The van der Waals surface area contributed by atoms with Crippen molar-refractivity contribution in [2.45, 2.75) is 25.9 Å². The molecule has 0 aliphatic heterocycles. The van der Waals surface area contributed by atoms with E-state index in [9.17, 15) is 0 Å². The molecule has 79 valence electrons. The first-order chi connectivity index (χ1) is 7.34. The topological polar surface area (TPSA) is 21.6 Å². The van der Waals surface area contributed by atoms with Crippen molar-refractivity contribution in [3.05, 3.63) is 34.9 Å². The summed E-state index contributed by atoms with van der Waals surface area (Å²) in [4.78, 5) is 5.14. The van der Waals surface area contributed by atoms with E-state index in [1.807, 2.05) is 24.3 Å². The van der Waals surface area contributed by atoms with Crippen LogP contribution in [0.1, 0.15) is 24.8 Å². The first-order valence-corrected chi connectivity index (χ1v) is 5.54. The third-order valence-corrected chi connectivity index (χ3v) is 2.80. The Kier molecular flexibility index (Phi) is 3.62. The third kappa shape index (κ3) is 3.24. The Balaban J connectivity index is 1.72. The molecule has 3 heteroatoms. The molecule has 0 bridgehead atoms. The number of nitrogens with zero attached hydrogens (tertiary/aromatic N) is 1. The van der Waals surface area contributed by atoms with E-state index >= 15 is 0 Å². The van der Waals surface area contributed by atoms with Crippen molar-refractivity contribution in [3.63, 3.8) is 0 Å². The van der Waals surface area contributed by atoms with Gasteiger partial charge >= 0.3 is 0 Å². The summed E-state index contributed by atoms with van der Waals surface area (Å²) in [6.45, 7) is 0.483. The molecule has 0 aromatic heterocycles. The van der Waals surface area contributed by atoms with Gasteiger partial charge in [0.25, 0.3) is 0 Å². The molecule has 2 nitrogen and oxygen atoms in total. The van der Waals surface area contributed by atoms with Crippen molar-refractivity contribution in [2.24, 2.45) is 11.1 Å². The Morgan fingerprint density at radius 1 is 1.33 bits per heavy atom. The lowest BCUT2D eigenvalue weighted by Gasteiger charge is -2.18. The van der Waals surface area contributed by atoms with Crippen LogP contribution in [-0.2, 0) is 11.4 Å². The highest BCUT2D eigenvalue weighted by molar-refractivity contribution is 6.30. The smallest absolute Gasteiger partial charge is 0.142 e. The van der Waals surface area contributed by atoms with Crippen molar-refractivity contribution in [1.82, 2.24) is 0 Å². The summed E-state index contributed by atoms with van der Waals surface area (Å²) in [5, 5.41) is 4.57. The first kappa shape index (κ1) is 10.5. The minimum absolute atomic E-state index is 0.483. The molecule has 0 amide bonds. The van der Waals surface area contributed by atoms with Crippen LogP contribution in [0.4, 0.5) is 0 Å². The molecule has 1 aliphatic rings. The molecule has 1 saturated carbocycles. The van der Waals surface area contributed by atoms with Gasteiger partial charge in [-0.1, -0.05) is 35.3 Å². The van der Waals surface area contributed by atoms with Gasteiger partial charge in [0.05, 0.1) is 0 Å². The number of hydrogen-bond acceptors (Lipinski definition) is 2. The Hall–Kier alpha value is -1.02. The van der Waals surface area contributed by atoms with E-state index in [2.05, 4.69) is 11.4 Å². The standard InChI is InChI=1S/C12H13ClNO/c13-12-6-4-11(5-7-12)9-15-14-8-10-2-1-3-10/h4-7,10H,1-3,9H2. The minimum Gasteiger partial charge on any atom is -0.391 e. The average molecular weight is 223 g/mol. The third-order valence-electron chi connectivity index (χ3n) is 2.55. The van der Waals surface area contributed by atoms with E-state index in [1.165, 1.54) is 19.3 Å². The predicted octanol–water partition coefficient (Wildman–Crippen LogP) is 3.52. The van der Waals surface area contributed by atoms with Crippen LogP contribution in [0.3, 0.4) is 0 Å². The second kappa shape index (κ2) is 5.17. The van der Waals surface area contributed by atoms with Crippen LogP contribution in [0.5, 0.6) is 0 Å². The van der Waals surface area contributed by atoms with Crippen molar-refractivity contribution in [3.8, 4) is 0 Å². The van der Waals surface area contributed by atoms with Gasteiger partial charge in [-0.05, 0) is 30.5 Å². The molecular formula is C12H13ClNO. The quantitative estimate of drug-likeness (QED) is 0.564. The zero-order valence-corrected chi connectivity index (χ0v) is 9.20. The van der Waals surface area contributed by atoms with Crippen LogP contribution in [0.2, 0.25) is 5.02 Å². The summed E-state index contributed by atoms with van der Waals surface area (Å²) < 4.78 is 0. The van der Waals surface area contributed by atoms with Crippen LogP contribution in [0, 0.1) is 5.92 Å². The minimum atomic E-state index is 0.483. The van der Waals surface area contributed by atoms with Gasteiger partial charge in [-0.2, -0.15) is 0 Å². The van der Waals surface area contributed by atoms with Gasteiger partial charge in [0.2, 0.25) is 0 Å². The predicted molar refractivity (Wildman–Crippen MR) is 61.0 cm³/mol. The van der Waals surface area contributed by atoms with E-state index in [0.29, 0.717) is 12.5 Å². The summed E-state index contributed by atoms with van der Waals surface area (Å²) in [5.41, 5.74) is 1.07. The molecule has 1 fully saturated rings. The van der Waals surface area contributed by atoms with Gasteiger partial charge in [-0.15, -0.1) is 0 Å². The fraction of sp³-hybridized carbons (Fsp3) is 0.417. The lowest BCUT2D eigenvalue weighted by atomic mass is 9.87. The zero-order chi connectivity index (χ0) is 10.5. The second-order valence-corrected chi connectivity index (χ2v) is 4.18. The van der Waals surface area contributed by atoms with Gasteiger partial charge < -0.3 is 4.84 Å². The van der Waals surface area contributed by atoms with Gasteiger partial charge in [0.1, 0.15) is 12.8 Å². The molecule has 2 rings (SSSR count). The summed E-state index contributed by atoms with van der Waals surface area (Å²) in [6, 6.07) is 7.56. The average Bonchev–Trinajstić information content (AvgIpc) is 2.18. The van der Waals surface area contributed by atoms with Gasteiger partial charge in [-0.3, -0.25) is 0 Å². The normalized spacial score (nSPS) is 16.6.